The molecule has 0 spiro atoms. The Morgan fingerprint density at radius 1 is 0.933 bits per heavy atom. The maximum atomic E-state index is 12.7. The predicted octanol–water partition coefficient (Wildman–Crippen LogP) is 3.92. The summed E-state index contributed by atoms with van der Waals surface area (Å²) < 4.78 is 85.1. The van der Waals surface area contributed by atoms with Gasteiger partial charge < -0.3 is 0 Å². The Kier molecular flexibility index (Phi) is 2.92. The Bertz CT molecular complexity index is 366. The molecule has 0 aliphatic rings. The molecule has 0 unspecified atom stereocenters. The van der Waals surface area contributed by atoms with Crippen LogP contribution < -0.4 is 0 Å². The molecule has 0 nitrogen and oxygen atoms in total. The third-order valence-electron chi connectivity index (χ3n) is 1.63. The zero-order chi connectivity index (χ0) is 11.8. The molecule has 1 aromatic carbocycles. The second kappa shape index (κ2) is 3.71. The van der Waals surface area contributed by atoms with Crippen molar-refractivity contribution in [3.8, 4) is 0 Å². The molecule has 0 saturated heterocycles. The van der Waals surface area contributed by atoms with E-state index in [1.807, 2.05) is 0 Å². The van der Waals surface area contributed by atoms with Gasteiger partial charge in [-0.1, -0.05) is 0 Å². The molecule has 0 atom stereocenters. The van der Waals surface area contributed by atoms with Crippen molar-refractivity contribution in [2.24, 2.45) is 0 Å². The van der Waals surface area contributed by atoms with Gasteiger partial charge in [0.25, 0.3) is 6.43 Å². The molecular weight excluding hydrogens is 229 g/mol. The molecule has 1 aromatic rings. The van der Waals surface area contributed by atoms with Gasteiger partial charge in [-0.2, -0.15) is 13.2 Å². The van der Waals surface area contributed by atoms with Gasteiger partial charge in [0, 0.05) is 0 Å². The second-order valence-electron chi connectivity index (χ2n) is 2.65. The summed E-state index contributed by atoms with van der Waals surface area (Å²) in [7, 11) is 0. The fourth-order valence-corrected chi connectivity index (χ4v) is 0.947. The first-order valence-corrected chi connectivity index (χ1v) is 3.57. The molecule has 0 aromatic heterocycles. The van der Waals surface area contributed by atoms with Crippen LogP contribution in [0.2, 0.25) is 0 Å². The Hall–Kier alpha value is -1.27. The molecule has 84 valence electrons. The number of halogens is 7. The van der Waals surface area contributed by atoms with Crippen LogP contribution in [-0.4, -0.2) is 0 Å². The number of hydrogen-bond acceptors (Lipinski definition) is 0. The molecule has 0 saturated carbocycles. The van der Waals surface area contributed by atoms with Gasteiger partial charge in [0.15, 0.2) is 0 Å². The van der Waals surface area contributed by atoms with Crippen molar-refractivity contribution < 1.29 is 30.7 Å². The summed E-state index contributed by atoms with van der Waals surface area (Å²) in [6.07, 6.45) is -8.47. The first-order chi connectivity index (χ1) is 6.73. The van der Waals surface area contributed by atoms with Gasteiger partial charge >= 0.3 is 6.18 Å². The molecule has 1 rings (SSSR count). The Labute approximate surface area is 79.3 Å². The highest BCUT2D eigenvalue weighted by Crippen LogP contribution is 2.34. The van der Waals surface area contributed by atoms with Crippen molar-refractivity contribution >= 4 is 0 Å². The standard InChI is InChI=1S/C8H3F7/c9-5-2-4(8(13,14)15)6(10)1-3(5)7(11)12/h1-2,7H. The molecular formula is C8H3F7. The smallest absolute Gasteiger partial charge is 0.206 e. The summed E-state index contributed by atoms with van der Waals surface area (Å²) in [6.45, 7) is 0. The topological polar surface area (TPSA) is 0 Å². The lowest BCUT2D eigenvalue weighted by molar-refractivity contribution is -0.140. The third kappa shape index (κ3) is 2.40. The second-order valence-corrected chi connectivity index (χ2v) is 2.65. The minimum atomic E-state index is -5.11. The zero-order valence-electron chi connectivity index (χ0n) is 6.88. The maximum Gasteiger partial charge on any atom is 0.419 e. The van der Waals surface area contributed by atoms with Crippen LogP contribution in [0.25, 0.3) is 0 Å². The molecule has 0 heterocycles. The van der Waals surface area contributed by atoms with E-state index in [0.29, 0.717) is 0 Å². The molecule has 0 aliphatic carbocycles. The lowest BCUT2D eigenvalue weighted by atomic mass is 10.1. The third-order valence-corrected chi connectivity index (χ3v) is 1.63. The lowest BCUT2D eigenvalue weighted by Gasteiger charge is -2.10. The van der Waals surface area contributed by atoms with Crippen LogP contribution >= 0.6 is 0 Å². The SMILES string of the molecule is Fc1cc(C(F)(F)F)c(F)cc1C(F)F. The van der Waals surface area contributed by atoms with Crippen molar-refractivity contribution in [1.29, 1.82) is 0 Å². The highest BCUT2D eigenvalue weighted by molar-refractivity contribution is 5.28. The Balaban J connectivity index is 3.32. The highest BCUT2D eigenvalue weighted by atomic mass is 19.4. The number of rotatable bonds is 1. The van der Waals surface area contributed by atoms with Crippen LogP contribution in [0.3, 0.4) is 0 Å². The van der Waals surface area contributed by atoms with Crippen LogP contribution in [0.1, 0.15) is 17.6 Å². The van der Waals surface area contributed by atoms with E-state index in [9.17, 15) is 30.7 Å². The Morgan fingerprint density at radius 3 is 1.87 bits per heavy atom. The average Bonchev–Trinajstić information content (AvgIpc) is 2.06. The summed E-state index contributed by atoms with van der Waals surface area (Å²) in [5.74, 6) is -3.70. The zero-order valence-corrected chi connectivity index (χ0v) is 6.88. The van der Waals surface area contributed by atoms with Crippen LogP contribution in [0, 0.1) is 11.6 Å². The molecule has 0 fully saturated rings. The van der Waals surface area contributed by atoms with Gasteiger partial charge in [-0.25, -0.2) is 17.6 Å². The molecule has 7 heteroatoms. The van der Waals surface area contributed by atoms with E-state index in [1.165, 1.54) is 0 Å². The summed E-state index contributed by atoms with van der Waals surface area (Å²) >= 11 is 0. The van der Waals surface area contributed by atoms with Crippen molar-refractivity contribution in [3.05, 3.63) is 34.9 Å². The minimum Gasteiger partial charge on any atom is -0.206 e. The quantitative estimate of drug-likeness (QED) is 0.643. The molecule has 0 amide bonds. The van der Waals surface area contributed by atoms with Gasteiger partial charge in [-0.3, -0.25) is 0 Å². The van der Waals surface area contributed by atoms with Crippen LogP contribution in [0.15, 0.2) is 12.1 Å². The van der Waals surface area contributed by atoms with Gasteiger partial charge in [0.1, 0.15) is 11.6 Å². The summed E-state index contributed by atoms with van der Waals surface area (Å²) in [4.78, 5) is 0. The van der Waals surface area contributed by atoms with E-state index in [1.54, 1.807) is 0 Å². The van der Waals surface area contributed by atoms with Crippen molar-refractivity contribution in [3.63, 3.8) is 0 Å². The summed E-state index contributed by atoms with van der Waals surface area (Å²) in [6, 6.07) is -0.431. The molecule has 0 aliphatic heterocycles. The maximum absolute atomic E-state index is 12.7. The van der Waals surface area contributed by atoms with Crippen molar-refractivity contribution in [1.82, 2.24) is 0 Å². The van der Waals surface area contributed by atoms with E-state index in [4.69, 9.17) is 0 Å². The van der Waals surface area contributed by atoms with E-state index >= 15 is 0 Å². The van der Waals surface area contributed by atoms with Crippen LogP contribution in [-0.2, 0) is 6.18 Å². The van der Waals surface area contributed by atoms with Gasteiger partial charge in [0.2, 0.25) is 0 Å². The first kappa shape index (κ1) is 11.8. The molecule has 0 bridgehead atoms. The molecule has 15 heavy (non-hydrogen) atoms. The minimum absolute atomic E-state index is 0.150. The lowest BCUT2D eigenvalue weighted by Crippen LogP contribution is -2.10. The number of hydrogen-bond donors (Lipinski definition) is 0. The molecule has 0 N–H and O–H groups in total. The fraction of sp³-hybridized carbons (Fsp3) is 0.250. The van der Waals surface area contributed by atoms with Crippen LogP contribution in [0.4, 0.5) is 30.7 Å². The van der Waals surface area contributed by atoms with Gasteiger partial charge in [-0.15, -0.1) is 0 Å². The van der Waals surface area contributed by atoms with Crippen molar-refractivity contribution in [2.45, 2.75) is 12.6 Å². The normalized spacial score (nSPS) is 12.3. The van der Waals surface area contributed by atoms with E-state index in [-0.39, 0.29) is 12.1 Å². The monoisotopic (exact) mass is 232 g/mol. The summed E-state index contributed by atoms with van der Waals surface area (Å²) in [5, 5.41) is 0. The van der Waals surface area contributed by atoms with Crippen LogP contribution in [0.5, 0.6) is 0 Å². The van der Waals surface area contributed by atoms with Gasteiger partial charge in [-0.05, 0) is 12.1 Å². The number of alkyl halides is 5. The number of benzene rings is 1. The predicted molar refractivity (Wildman–Crippen MR) is 36.3 cm³/mol. The van der Waals surface area contributed by atoms with Crippen molar-refractivity contribution in [2.75, 3.05) is 0 Å². The summed E-state index contributed by atoms with van der Waals surface area (Å²) in [5.41, 5.74) is -3.29. The largest absolute Gasteiger partial charge is 0.419 e. The van der Waals surface area contributed by atoms with Gasteiger partial charge in [0.05, 0.1) is 11.1 Å². The highest BCUT2D eigenvalue weighted by Gasteiger charge is 2.35. The van der Waals surface area contributed by atoms with E-state index < -0.39 is 35.4 Å². The molecule has 0 radical (unpaired) electrons. The Morgan fingerprint density at radius 2 is 1.47 bits per heavy atom. The van der Waals surface area contributed by atoms with E-state index in [0.717, 1.165) is 0 Å². The first-order valence-electron chi connectivity index (χ1n) is 3.57. The average molecular weight is 232 g/mol. The fourth-order valence-electron chi connectivity index (χ4n) is 0.947. The van der Waals surface area contributed by atoms with E-state index in [2.05, 4.69) is 0 Å².